The van der Waals surface area contributed by atoms with Crippen LogP contribution in [0.15, 0.2) is 164 Å². The maximum Gasteiger partial charge on any atom is 0.160 e. The van der Waals surface area contributed by atoms with Crippen LogP contribution >= 0.6 is 11.3 Å². The van der Waals surface area contributed by atoms with Crippen molar-refractivity contribution in [2.75, 3.05) is 0 Å². The molecule has 0 N–H and O–H groups in total. The lowest BCUT2D eigenvalue weighted by Gasteiger charge is -2.22. The van der Waals surface area contributed by atoms with Gasteiger partial charge in [0, 0.05) is 64.3 Å². The van der Waals surface area contributed by atoms with Crippen LogP contribution in [0.25, 0.3) is 92.7 Å². The summed E-state index contributed by atoms with van der Waals surface area (Å²) >= 11 is 1.95. The topological polar surface area (TPSA) is 30.7 Å². The van der Waals surface area contributed by atoms with E-state index in [4.69, 9.17) is 9.97 Å². The predicted octanol–water partition coefficient (Wildman–Crippen LogP) is 13.2. The maximum absolute atomic E-state index is 5.12. The Morgan fingerprint density at radius 2 is 1.15 bits per heavy atom. The standard InChI is InChI=1S/C49H33N3S/c1-49(2)37-22-12-9-19-34(37)44-45(49)47-43(36-21-11-14-24-41(36)53-47)42-35-20-10-13-23-40(35)52(46(42)44)33-27-25-31(26-28-33)39-29-38(30-15-5-3-6-16-30)50-48(51-39)32-17-7-4-8-18-32/h3-29H,1-2H3. The van der Waals surface area contributed by atoms with Crippen LogP contribution in [-0.4, -0.2) is 14.5 Å². The monoisotopic (exact) mass is 695 g/mol. The Morgan fingerprint density at radius 1 is 0.547 bits per heavy atom. The summed E-state index contributed by atoms with van der Waals surface area (Å²) in [5, 5.41) is 5.31. The fourth-order valence-electron chi connectivity index (χ4n) is 8.79. The second-order valence-corrected chi connectivity index (χ2v) is 15.6. The van der Waals surface area contributed by atoms with Crippen LogP contribution in [-0.2, 0) is 5.41 Å². The largest absolute Gasteiger partial charge is 0.309 e. The molecular weight excluding hydrogens is 663 g/mol. The molecule has 1 aliphatic rings. The molecule has 0 radical (unpaired) electrons. The van der Waals surface area contributed by atoms with Crippen molar-refractivity contribution in [2.24, 2.45) is 0 Å². The SMILES string of the molecule is CC1(C)c2ccccc2-c2c1c1sc3ccccc3c1c1c3ccccc3n(-c3ccc(-c4cc(-c5ccccc5)nc(-c5ccccc5)n4)cc3)c21. The minimum absolute atomic E-state index is 0.148. The molecule has 0 unspecified atom stereocenters. The van der Waals surface area contributed by atoms with E-state index in [0.717, 1.165) is 39.6 Å². The van der Waals surface area contributed by atoms with Crippen molar-refractivity contribution < 1.29 is 0 Å². The van der Waals surface area contributed by atoms with E-state index >= 15 is 0 Å². The molecule has 7 aromatic carbocycles. The van der Waals surface area contributed by atoms with Crippen LogP contribution in [0, 0.1) is 0 Å². The Hall–Kier alpha value is -6.36. The fourth-order valence-corrected chi connectivity index (χ4v) is 10.2. The van der Waals surface area contributed by atoms with Gasteiger partial charge in [0.15, 0.2) is 5.82 Å². The van der Waals surface area contributed by atoms with Gasteiger partial charge in [0.1, 0.15) is 0 Å². The highest BCUT2D eigenvalue weighted by atomic mass is 32.1. The first-order valence-electron chi connectivity index (χ1n) is 18.2. The summed E-state index contributed by atoms with van der Waals surface area (Å²) in [6.45, 7) is 4.81. The first kappa shape index (κ1) is 30.3. The Kier molecular flexibility index (Phi) is 6.47. The summed E-state index contributed by atoms with van der Waals surface area (Å²) in [4.78, 5) is 10.1. The summed E-state index contributed by atoms with van der Waals surface area (Å²) in [7, 11) is 0. The molecule has 0 amide bonds. The first-order chi connectivity index (χ1) is 26.1. The number of aromatic nitrogens is 3. The summed E-state index contributed by atoms with van der Waals surface area (Å²) in [6.07, 6.45) is 0. The maximum atomic E-state index is 5.12. The molecule has 0 bridgehead atoms. The van der Waals surface area contributed by atoms with Gasteiger partial charge in [-0.25, -0.2) is 9.97 Å². The molecule has 0 spiro atoms. The molecule has 3 nitrogen and oxygen atoms in total. The van der Waals surface area contributed by atoms with Gasteiger partial charge in [-0.1, -0.05) is 147 Å². The van der Waals surface area contributed by atoms with E-state index < -0.39 is 0 Å². The summed E-state index contributed by atoms with van der Waals surface area (Å²) in [6, 6.07) is 58.7. The molecule has 0 fully saturated rings. The highest BCUT2D eigenvalue weighted by Crippen LogP contribution is 2.58. The number of thiophene rings is 1. The van der Waals surface area contributed by atoms with Gasteiger partial charge < -0.3 is 4.57 Å². The van der Waals surface area contributed by atoms with E-state index in [1.807, 2.05) is 35.6 Å². The smallest absolute Gasteiger partial charge is 0.160 e. The zero-order valence-corrected chi connectivity index (χ0v) is 30.2. The second-order valence-electron chi connectivity index (χ2n) is 14.5. The lowest BCUT2D eigenvalue weighted by atomic mass is 9.81. The van der Waals surface area contributed by atoms with Crippen molar-refractivity contribution in [3.8, 4) is 50.7 Å². The number of para-hydroxylation sites is 1. The number of rotatable bonds is 4. The van der Waals surface area contributed by atoms with Crippen molar-refractivity contribution in [3.05, 3.63) is 175 Å². The highest BCUT2D eigenvalue weighted by Gasteiger charge is 2.40. The van der Waals surface area contributed by atoms with Crippen molar-refractivity contribution in [1.29, 1.82) is 0 Å². The Morgan fingerprint density at radius 3 is 1.91 bits per heavy atom. The predicted molar refractivity (Wildman–Crippen MR) is 223 cm³/mol. The van der Waals surface area contributed by atoms with E-state index in [0.29, 0.717) is 0 Å². The van der Waals surface area contributed by atoms with E-state index in [-0.39, 0.29) is 5.41 Å². The number of hydrogen-bond donors (Lipinski definition) is 0. The van der Waals surface area contributed by atoms with Crippen LogP contribution in [0.2, 0.25) is 0 Å². The van der Waals surface area contributed by atoms with Gasteiger partial charge in [-0.15, -0.1) is 11.3 Å². The zero-order chi connectivity index (χ0) is 35.3. The molecular formula is C49H33N3S. The van der Waals surface area contributed by atoms with Crippen molar-refractivity contribution >= 4 is 53.3 Å². The normalized spacial score (nSPS) is 13.2. The molecule has 1 aliphatic carbocycles. The third-order valence-corrected chi connectivity index (χ3v) is 12.4. The van der Waals surface area contributed by atoms with Crippen LogP contribution in [0.4, 0.5) is 0 Å². The summed E-state index contributed by atoms with van der Waals surface area (Å²) in [5.74, 6) is 0.720. The Balaban J connectivity index is 1.19. The van der Waals surface area contributed by atoms with Crippen LogP contribution in [0.5, 0.6) is 0 Å². The van der Waals surface area contributed by atoms with Crippen LogP contribution < -0.4 is 0 Å². The molecule has 4 heteroatoms. The van der Waals surface area contributed by atoms with Crippen LogP contribution in [0.1, 0.15) is 25.0 Å². The van der Waals surface area contributed by atoms with Gasteiger partial charge in [-0.05, 0) is 47.0 Å². The number of hydrogen-bond acceptors (Lipinski definition) is 3. The minimum Gasteiger partial charge on any atom is -0.309 e. The van der Waals surface area contributed by atoms with Gasteiger partial charge in [0.2, 0.25) is 0 Å². The average Bonchev–Trinajstić information content (AvgIpc) is 3.84. The molecule has 0 saturated heterocycles. The molecule has 10 aromatic rings. The lowest BCUT2D eigenvalue weighted by Crippen LogP contribution is -2.15. The summed E-state index contributed by atoms with van der Waals surface area (Å²) < 4.78 is 5.25. The quantitative estimate of drug-likeness (QED) is 0.183. The average molecular weight is 696 g/mol. The van der Waals surface area contributed by atoms with Gasteiger partial charge >= 0.3 is 0 Å². The lowest BCUT2D eigenvalue weighted by molar-refractivity contribution is 0.667. The zero-order valence-electron chi connectivity index (χ0n) is 29.3. The Labute approximate surface area is 311 Å². The molecule has 11 rings (SSSR count). The van der Waals surface area contributed by atoms with Gasteiger partial charge in [-0.3, -0.25) is 0 Å². The van der Waals surface area contributed by atoms with Crippen molar-refractivity contribution in [1.82, 2.24) is 14.5 Å². The summed E-state index contributed by atoms with van der Waals surface area (Å²) in [5.41, 5.74) is 13.9. The fraction of sp³-hybridized carbons (Fsp3) is 0.0612. The van der Waals surface area contributed by atoms with E-state index in [1.54, 1.807) is 0 Å². The van der Waals surface area contributed by atoms with Gasteiger partial charge in [0.05, 0.1) is 22.4 Å². The molecule has 3 heterocycles. The van der Waals surface area contributed by atoms with Gasteiger partial charge in [-0.2, -0.15) is 0 Å². The van der Waals surface area contributed by atoms with Crippen molar-refractivity contribution in [3.63, 3.8) is 0 Å². The third-order valence-electron chi connectivity index (χ3n) is 11.2. The van der Waals surface area contributed by atoms with E-state index in [1.165, 1.54) is 64.2 Å². The van der Waals surface area contributed by atoms with Gasteiger partial charge in [0.25, 0.3) is 0 Å². The first-order valence-corrected chi connectivity index (χ1v) is 19.0. The Bertz CT molecular complexity index is 3000. The molecule has 53 heavy (non-hydrogen) atoms. The number of benzene rings is 7. The minimum atomic E-state index is -0.148. The van der Waals surface area contributed by atoms with Crippen LogP contribution in [0.3, 0.4) is 0 Å². The molecule has 0 atom stereocenters. The number of fused-ring (bicyclic) bond motifs is 12. The second kappa shape index (κ2) is 11.3. The van der Waals surface area contributed by atoms with Crippen molar-refractivity contribution in [2.45, 2.75) is 19.3 Å². The van der Waals surface area contributed by atoms with E-state index in [2.05, 4.69) is 158 Å². The third kappa shape index (κ3) is 4.39. The molecule has 0 saturated carbocycles. The number of nitrogens with zero attached hydrogens (tertiary/aromatic N) is 3. The molecule has 250 valence electrons. The highest BCUT2D eigenvalue weighted by molar-refractivity contribution is 7.26. The molecule has 3 aromatic heterocycles. The van der Waals surface area contributed by atoms with E-state index in [9.17, 15) is 0 Å². The molecule has 0 aliphatic heterocycles.